The summed E-state index contributed by atoms with van der Waals surface area (Å²) in [6, 6.07) is 0. The zero-order valence-electron chi connectivity index (χ0n) is 12.3. The Balaban J connectivity index is 2.34. The number of hydrogen-bond donors (Lipinski definition) is 1. The molecular weight excluding hydrogens is 282 g/mol. The molecule has 120 valence electrons. The summed E-state index contributed by atoms with van der Waals surface area (Å²) in [5.41, 5.74) is 0. The Morgan fingerprint density at radius 3 is 2.55 bits per heavy atom. The molecule has 7 heteroatoms. The van der Waals surface area contributed by atoms with Crippen molar-refractivity contribution >= 4 is 10.1 Å². The van der Waals surface area contributed by atoms with Gasteiger partial charge in [-0.2, -0.15) is 8.42 Å². The summed E-state index contributed by atoms with van der Waals surface area (Å²) in [6.45, 7) is 6.09. The van der Waals surface area contributed by atoms with Crippen molar-refractivity contribution in [2.24, 2.45) is 0 Å². The molecule has 1 unspecified atom stereocenters. The molecule has 1 N–H and O–H groups in total. The molecule has 1 aliphatic rings. The molecule has 0 aliphatic carbocycles. The Kier molecular flexibility index (Phi) is 8.63. The molecule has 1 rings (SSSR count). The van der Waals surface area contributed by atoms with Gasteiger partial charge in [0.25, 0.3) is 10.1 Å². The van der Waals surface area contributed by atoms with Crippen molar-refractivity contribution in [3.8, 4) is 0 Å². The monoisotopic (exact) mass is 309 g/mol. The highest BCUT2D eigenvalue weighted by Crippen LogP contribution is 2.06. The Morgan fingerprint density at radius 2 is 1.95 bits per heavy atom. The van der Waals surface area contributed by atoms with Crippen LogP contribution >= 0.6 is 0 Å². The second-order valence-corrected chi connectivity index (χ2v) is 6.71. The number of nitrogens with zero attached hydrogens (tertiary/aromatic N) is 1. The molecule has 0 bridgehead atoms. The van der Waals surface area contributed by atoms with Crippen molar-refractivity contribution in [3.63, 3.8) is 0 Å². The number of unbranched alkanes of at least 4 members (excludes halogenated alkanes) is 3. The lowest BCUT2D eigenvalue weighted by Crippen LogP contribution is -2.43. The van der Waals surface area contributed by atoms with Gasteiger partial charge in [0.2, 0.25) is 0 Å². The summed E-state index contributed by atoms with van der Waals surface area (Å²) in [7, 11) is -4.00. The predicted octanol–water partition coefficient (Wildman–Crippen LogP) is 1.17. The van der Waals surface area contributed by atoms with E-state index >= 15 is 0 Å². The van der Waals surface area contributed by atoms with Crippen LogP contribution in [0, 0.1) is 0 Å². The van der Waals surface area contributed by atoms with Crippen LogP contribution < -0.4 is 0 Å². The fraction of sp³-hybridized carbons (Fsp3) is 1.00. The first-order chi connectivity index (χ1) is 9.51. The van der Waals surface area contributed by atoms with Crippen molar-refractivity contribution < 1.29 is 22.4 Å². The van der Waals surface area contributed by atoms with E-state index in [2.05, 4.69) is 11.8 Å². The van der Waals surface area contributed by atoms with Gasteiger partial charge in [0.15, 0.2) is 0 Å². The van der Waals surface area contributed by atoms with Crippen molar-refractivity contribution in [2.75, 3.05) is 45.2 Å². The van der Waals surface area contributed by atoms with Gasteiger partial charge < -0.3 is 9.47 Å². The van der Waals surface area contributed by atoms with Gasteiger partial charge in [-0.3, -0.25) is 9.45 Å². The maximum Gasteiger partial charge on any atom is 0.267 e. The first-order valence-electron chi connectivity index (χ1n) is 7.38. The van der Waals surface area contributed by atoms with Crippen LogP contribution in [0.1, 0.15) is 32.6 Å². The summed E-state index contributed by atoms with van der Waals surface area (Å²) in [5, 5.41) is 0. The zero-order valence-corrected chi connectivity index (χ0v) is 13.1. The normalized spacial score (nSPS) is 19.1. The van der Waals surface area contributed by atoms with Crippen molar-refractivity contribution in [1.82, 2.24) is 4.90 Å². The Bertz CT molecular complexity index is 341. The second kappa shape index (κ2) is 9.68. The quantitative estimate of drug-likeness (QED) is 0.482. The minimum absolute atomic E-state index is 0.335. The first kappa shape index (κ1) is 17.8. The fourth-order valence-corrected chi connectivity index (χ4v) is 2.91. The second-order valence-electron chi connectivity index (χ2n) is 5.22. The predicted molar refractivity (Wildman–Crippen MR) is 77.6 cm³/mol. The van der Waals surface area contributed by atoms with Gasteiger partial charge in [-0.05, 0) is 6.42 Å². The molecule has 0 aromatic heterocycles. The van der Waals surface area contributed by atoms with Crippen molar-refractivity contribution in [1.29, 1.82) is 0 Å². The topological polar surface area (TPSA) is 76.1 Å². The van der Waals surface area contributed by atoms with Gasteiger partial charge in [0.05, 0.1) is 19.3 Å². The van der Waals surface area contributed by atoms with Gasteiger partial charge in [-0.25, -0.2) is 0 Å². The number of hydrogen-bond acceptors (Lipinski definition) is 5. The molecule has 1 aliphatic heterocycles. The highest BCUT2D eigenvalue weighted by molar-refractivity contribution is 7.85. The maximum atomic E-state index is 11.1. The molecule has 0 spiro atoms. The third-order valence-electron chi connectivity index (χ3n) is 3.31. The average molecular weight is 309 g/mol. The van der Waals surface area contributed by atoms with Crippen LogP contribution in [-0.2, 0) is 19.6 Å². The smallest absolute Gasteiger partial charge is 0.267 e. The summed E-state index contributed by atoms with van der Waals surface area (Å²) >= 11 is 0. The number of morpholine rings is 1. The molecule has 0 amide bonds. The molecule has 6 nitrogen and oxygen atoms in total. The molecule has 20 heavy (non-hydrogen) atoms. The van der Waals surface area contributed by atoms with Gasteiger partial charge in [0, 0.05) is 26.2 Å². The van der Waals surface area contributed by atoms with Crippen LogP contribution in [0.3, 0.4) is 0 Å². The Hall–Kier alpha value is -0.210. The third kappa shape index (κ3) is 8.86. The van der Waals surface area contributed by atoms with E-state index in [1.807, 2.05) is 0 Å². The van der Waals surface area contributed by atoms with Gasteiger partial charge in [-0.15, -0.1) is 0 Å². The van der Waals surface area contributed by atoms with E-state index in [9.17, 15) is 8.42 Å². The van der Waals surface area contributed by atoms with E-state index in [4.69, 9.17) is 14.0 Å². The summed E-state index contributed by atoms with van der Waals surface area (Å²) in [6.07, 6.45) is 3.87. The molecule has 0 aromatic rings. The van der Waals surface area contributed by atoms with Crippen LogP contribution in [0.15, 0.2) is 0 Å². The first-order valence-corrected chi connectivity index (χ1v) is 8.99. The Morgan fingerprint density at radius 1 is 1.25 bits per heavy atom. The lowest BCUT2D eigenvalue weighted by molar-refractivity contribution is -0.00566. The molecule has 1 fully saturated rings. The van der Waals surface area contributed by atoms with Crippen LogP contribution in [0.4, 0.5) is 0 Å². The molecular formula is C13H27NO5S. The number of ether oxygens (including phenoxy) is 2. The molecule has 0 aromatic carbocycles. The minimum Gasteiger partial charge on any atom is -0.379 e. The lowest BCUT2D eigenvalue weighted by Gasteiger charge is -2.30. The fourth-order valence-electron chi connectivity index (χ4n) is 2.24. The lowest BCUT2D eigenvalue weighted by atomic mass is 10.2. The van der Waals surface area contributed by atoms with E-state index in [0.717, 1.165) is 38.8 Å². The SMILES string of the molecule is CCCCCCOC(CN1CCOCC1)CS(=O)(=O)O. The van der Waals surface area contributed by atoms with E-state index in [0.29, 0.717) is 26.4 Å². The van der Waals surface area contributed by atoms with E-state index in [1.54, 1.807) is 0 Å². The Labute approximate surface area is 122 Å². The zero-order chi connectivity index (χ0) is 14.8. The summed E-state index contributed by atoms with van der Waals surface area (Å²) in [5.74, 6) is -0.335. The van der Waals surface area contributed by atoms with Crippen LogP contribution in [0.5, 0.6) is 0 Å². The summed E-state index contributed by atoms with van der Waals surface area (Å²) in [4.78, 5) is 2.12. The third-order valence-corrected chi connectivity index (χ3v) is 4.11. The molecule has 1 atom stereocenters. The minimum atomic E-state index is -4.00. The highest BCUT2D eigenvalue weighted by atomic mass is 32.2. The molecule has 1 saturated heterocycles. The van der Waals surface area contributed by atoms with Crippen molar-refractivity contribution in [3.05, 3.63) is 0 Å². The molecule has 1 heterocycles. The van der Waals surface area contributed by atoms with E-state index < -0.39 is 16.2 Å². The molecule has 0 saturated carbocycles. The van der Waals surface area contributed by atoms with Crippen LogP contribution in [0.25, 0.3) is 0 Å². The standard InChI is InChI=1S/C13H27NO5S/c1-2-3-4-5-8-19-13(12-20(15,16)17)11-14-6-9-18-10-7-14/h13H,2-12H2,1H3,(H,15,16,17). The van der Waals surface area contributed by atoms with E-state index in [1.165, 1.54) is 0 Å². The van der Waals surface area contributed by atoms with E-state index in [-0.39, 0.29) is 5.75 Å². The summed E-state index contributed by atoms with van der Waals surface area (Å²) < 4.78 is 42.0. The molecule has 0 radical (unpaired) electrons. The average Bonchev–Trinajstić information content (AvgIpc) is 2.37. The highest BCUT2D eigenvalue weighted by Gasteiger charge is 2.22. The van der Waals surface area contributed by atoms with Crippen LogP contribution in [0.2, 0.25) is 0 Å². The van der Waals surface area contributed by atoms with Gasteiger partial charge in [0.1, 0.15) is 5.75 Å². The van der Waals surface area contributed by atoms with Gasteiger partial charge >= 0.3 is 0 Å². The largest absolute Gasteiger partial charge is 0.379 e. The number of rotatable bonds is 10. The van der Waals surface area contributed by atoms with Crippen molar-refractivity contribution in [2.45, 2.75) is 38.7 Å². The van der Waals surface area contributed by atoms with Gasteiger partial charge in [-0.1, -0.05) is 26.2 Å². The maximum absolute atomic E-state index is 11.1. The van der Waals surface area contributed by atoms with Crippen LogP contribution in [-0.4, -0.2) is 69.2 Å².